The standard InChI is InChI=1S/C21H25N5O7/c1-2-23-20(29)24-14-8-9-26(21(30)25-14)18-17-16(13(31-18)10-22-11-15(27)28)32-19(33-17)12-6-4-3-5-7-12/h3-9,13,16-19,22H,2,10-11H2,1H3,(H,27,28)(H2,23,24,25,29,30)/t13-,16?,17?,18-,19+/m1/s1. The zero-order chi connectivity index (χ0) is 23.4. The fraction of sp³-hybridized carbons (Fsp3) is 0.429. The summed E-state index contributed by atoms with van der Waals surface area (Å²) in [4.78, 5) is 39.2. The van der Waals surface area contributed by atoms with E-state index in [9.17, 15) is 14.4 Å². The largest absolute Gasteiger partial charge is 0.480 e. The van der Waals surface area contributed by atoms with Gasteiger partial charge in [0.2, 0.25) is 0 Å². The summed E-state index contributed by atoms with van der Waals surface area (Å²) in [6.45, 7) is 2.15. The number of urea groups is 1. The molecule has 33 heavy (non-hydrogen) atoms. The minimum absolute atomic E-state index is 0.0992. The first-order valence-corrected chi connectivity index (χ1v) is 10.5. The summed E-state index contributed by atoms with van der Waals surface area (Å²) in [5, 5.41) is 16.8. The number of hydrogen-bond acceptors (Lipinski definition) is 8. The molecule has 0 bridgehead atoms. The Bertz CT molecular complexity index is 1050. The third kappa shape index (κ3) is 5.20. The highest BCUT2D eigenvalue weighted by Gasteiger charge is 2.53. The second-order valence-electron chi connectivity index (χ2n) is 7.52. The van der Waals surface area contributed by atoms with E-state index >= 15 is 0 Å². The van der Waals surface area contributed by atoms with Crippen LogP contribution in [-0.4, -0.2) is 64.6 Å². The van der Waals surface area contributed by atoms with Crippen molar-refractivity contribution >= 4 is 17.8 Å². The number of nitrogens with zero attached hydrogens (tertiary/aromatic N) is 2. The summed E-state index contributed by atoms with van der Waals surface area (Å²) in [6.07, 6.45) is -1.77. The number of aliphatic carboxylic acids is 1. The predicted molar refractivity (Wildman–Crippen MR) is 115 cm³/mol. The van der Waals surface area contributed by atoms with Gasteiger partial charge in [0.25, 0.3) is 0 Å². The summed E-state index contributed by atoms with van der Waals surface area (Å²) < 4.78 is 19.5. The number of fused-ring (bicyclic) bond motifs is 1. The minimum Gasteiger partial charge on any atom is -0.480 e. The Hall–Kier alpha value is -3.32. The van der Waals surface area contributed by atoms with Gasteiger partial charge in [0, 0.05) is 24.8 Å². The third-order valence-corrected chi connectivity index (χ3v) is 5.22. The van der Waals surface area contributed by atoms with Gasteiger partial charge in [-0.1, -0.05) is 30.3 Å². The van der Waals surface area contributed by atoms with Crippen LogP contribution in [0.5, 0.6) is 0 Å². The Balaban J connectivity index is 1.55. The molecule has 2 amide bonds. The van der Waals surface area contributed by atoms with E-state index in [1.165, 1.54) is 16.8 Å². The van der Waals surface area contributed by atoms with Crippen LogP contribution in [-0.2, 0) is 19.0 Å². The third-order valence-electron chi connectivity index (χ3n) is 5.22. The van der Waals surface area contributed by atoms with Crippen LogP contribution in [0.1, 0.15) is 25.0 Å². The number of carbonyl (C=O) groups excluding carboxylic acids is 1. The molecule has 1 aromatic carbocycles. The number of nitrogens with one attached hydrogen (secondary N) is 3. The normalized spacial score (nSPS) is 26.0. The molecule has 0 aliphatic carbocycles. The topological polar surface area (TPSA) is 153 Å². The lowest BCUT2D eigenvalue weighted by atomic mass is 10.1. The van der Waals surface area contributed by atoms with Gasteiger partial charge in [-0.25, -0.2) is 9.59 Å². The highest BCUT2D eigenvalue weighted by Crippen LogP contribution is 2.43. The number of carboxylic acid groups (broad SMARTS) is 1. The van der Waals surface area contributed by atoms with Crippen molar-refractivity contribution in [2.24, 2.45) is 0 Å². The Morgan fingerprint density at radius 2 is 1.88 bits per heavy atom. The average Bonchev–Trinajstić information content (AvgIpc) is 3.35. The van der Waals surface area contributed by atoms with Crippen molar-refractivity contribution in [3.8, 4) is 0 Å². The van der Waals surface area contributed by atoms with Crippen LogP contribution in [0, 0.1) is 0 Å². The van der Waals surface area contributed by atoms with Crippen LogP contribution in [0.25, 0.3) is 0 Å². The number of aromatic nitrogens is 2. The van der Waals surface area contributed by atoms with E-state index in [-0.39, 0.29) is 18.9 Å². The maximum Gasteiger partial charge on any atom is 0.351 e. The molecule has 4 rings (SSSR count). The summed E-state index contributed by atoms with van der Waals surface area (Å²) in [7, 11) is 0. The maximum absolute atomic E-state index is 12.7. The number of rotatable bonds is 8. The van der Waals surface area contributed by atoms with E-state index in [1.807, 2.05) is 30.3 Å². The van der Waals surface area contributed by atoms with Crippen molar-refractivity contribution < 1.29 is 28.9 Å². The number of ether oxygens (including phenoxy) is 3. The van der Waals surface area contributed by atoms with Gasteiger partial charge in [0.05, 0.1) is 6.54 Å². The Kier molecular flexibility index (Phi) is 6.99. The summed E-state index contributed by atoms with van der Waals surface area (Å²) >= 11 is 0. The molecule has 2 aromatic rings. The zero-order valence-corrected chi connectivity index (χ0v) is 17.8. The molecule has 2 saturated heterocycles. The van der Waals surface area contributed by atoms with Crippen molar-refractivity contribution in [3.05, 3.63) is 58.6 Å². The molecule has 2 aliphatic heterocycles. The molecule has 0 spiro atoms. The second-order valence-corrected chi connectivity index (χ2v) is 7.52. The smallest absolute Gasteiger partial charge is 0.351 e. The number of anilines is 1. The van der Waals surface area contributed by atoms with Crippen molar-refractivity contribution in [1.29, 1.82) is 0 Å². The Morgan fingerprint density at radius 3 is 2.58 bits per heavy atom. The first-order chi connectivity index (χ1) is 16.0. The van der Waals surface area contributed by atoms with Gasteiger partial charge >= 0.3 is 17.7 Å². The lowest BCUT2D eigenvalue weighted by molar-refractivity contribution is -0.148. The van der Waals surface area contributed by atoms with Gasteiger partial charge in [-0.15, -0.1) is 0 Å². The van der Waals surface area contributed by atoms with Crippen molar-refractivity contribution in [3.63, 3.8) is 0 Å². The van der Waals surface area contributed by atoms with Crippen LogP contribution in [0.2, 0.25) is 0 Å². The molecular formula is C21H25N5O7. The van der Waals surface area contributed by atoms with E-state index in [0.717, 1.165) is 5.56 Å². The highest BCUT2D eigenvalue weighted by molar-refractivity contribution is 5.87. The van der Waals surface area contributed by atoms with Crippen molar-refractivity contribution in [2.45, 2.75) is 37.8 Å². The van der Waals surface area contributed by atoms with Gasteiger partial charge < -0.3 is 30.0 Å². The maximum atomic E-state index is 12.7. The van der Waals surface area contributed by atoms with Crippen LogP contribution < -0.4 is 21.6 Å². The van der Waals surface area contributed by atoms with Crippen LogP contribution in [0.15, 0.2) is 47.4 Å². The monoisotopic (exact) mass is 459 g/mol. The molecule has 12 nitrogen and oxygen atoms in total. The molecule has 0 saturated carbocycles. The Morgan fingerprint density at radius 1 is 1.12 bits per heavy atom. The second kappa shape index (κ2) is 10.1. The van der Waals surface area contributed by atoms with Gasteiger partial charge in [-0.05, 0) is 13.0 Å². The zero-order valence-electron chi connectivity index (χ0n) is 17.8. The molecular weight excluding hydrogens is 434 g/mol. The molecule has 176 valence electrons. The highest BCUT2D eigenvalue weighted by atomic mass is 16.8. The van der Waals surface area contributed by atoms with Gasteiger partial charge in [-0.3, -0.25) is 14.7 Å². The van der Waals surface area contributed by atoms with Gasteiger partial charge in [0.1, 0.15) is 24.1 Å². The van der Waals surface area contributed by atoms with E-state index in [2.05, 4.69) is 20.9 Å². The number of hydrogen-bond donors (Lipinski definition) is 4. The fourth-order valence-electron chi connectivity index (χ4n) is 3.81. The lowest BCUT2D eigenvalue weighted by Crippen LogP contribution is -2.38. The average molecular weight is 459 g/mol. The first kappa shape index (κ1) is 22.9. The molecule has 2 unspecified atom stereocenters. The van der Waals surface area contributed by atoms with Gasteiger partial charge in [-0.2, -0.15) is 4.98 Å². The van der Waals surface area contributed by atoms with E-state index in [0.29, 0.717) is 6.54 Å². The fourth-order valence-corrected chi connectivity index (χ4v) is 3.81. The molecule has 0 radical (unpaired) electrons. The first-order valence-electron chi connectivity index (χ1n) is 10.5. The van der Waals surface area contributed by atoms with Crippen LogP contribution >= 0.6 is 0 Å². The molecule has 5 atom stereocenters. The van der Waals surface area contributed by atoms with Gasteiger partial charge in [0.15, 0.2) is 12.5 Å². The molecule has 3 heterocycles. The van der Waals surface area contributed by atoms with Crippen molar-refractivity contribution in [1.82, 2.24) is 20.2 Å². The van der Waals surface area contributed by atoms with Crippen LogP contribution in [0.4, 0.5) is 10.6 Å². The summed E-state index contributed by atoms with van der Waals surface area (Å²) in [6, 6.07) is 10.4. The minimum atomic E-state index is -0.998. The van der Waals surface area contributed by atoms with E-state index in [1.54, 1.807) is 6.92 Å². The SMILES string of the molecule is CCNC(=O)Nc1ccn([C@@H]2O[C@H](CNCC(=O)O)C3O[C@H](c4ccccc4)OC32)c(=O)n1. The summed E-state index contributed by atoms with van der Waals surface area (Å²) in [5.74, 6) is -0.898. The molecule has 1 aromatic heterocycles. The lowest BCUT2D eigenvalue weighted by Gasteiger charge is -2.22. The van der Waals surface area contributed by atoms with Crippen molar-refractivity contribution in [2.75, 3.05) is 25.0 Å². The van der Waals surface area contributed by atoms with Crippen LogP contribution in [0.3, 0.4) is 0 Å². The quantitative estimate of drug-likeness (QED) is 0.440. The number of amides is 2. The number of carbonyl (C=O) groups is 2. The molecule has 4 N–H and O–H groups in total. The number of benzene rings is 1. The molecule has 2 aliphatic rings. The summed E-state index contributed by atoms with van der Waals surface area (Å²) in [5.41, 5.74) is 0.175. The molecule has 2 fully saturated rings. The predicted octanol–water partition coefficient (Wildman–Crippen LogP) is 0.439. The Labute approximate surface area is 188 Å². The number of carboxylic acids is 1. The van der Waals surface area contributed by atoms with E-state index in [4.69, 9.17) is 19.3 Å². The van der Waals surface area contributed by atoms with E-state index < -0.39 is 48.5 Å². The molecule has 12 heteroatoms.